The number of primary amides is 1. The average molecular weight is 270 g/mol. The number of amides is 1. The summed E-state index contributed by atoms with van der Waals surface area (Å²) in [4.78, 5) is 18.4. The molecule has 3 rings (SSSR count). The van der Waals surface area contributed by atoms with Crippen LogP contribution in [0.5, 0.6) is 0 Å². The van der Waals surface area contributed by atoms with Gasteiger partial charge in [0.15, 0.2) is 0 Å². The Morgan fingerprint density at radius 2 is 1.95 bits per heavy atom. The highest BCUT2D eigenvalue weighted by Gasteiger charge is 2.22. The van der Waals surface area contributed by atoms with Gasteiger partial charge in [0.1, 0.15) is 5.82 Å². The number of nitrogens with zero attached hydrogens (tertiary/aromatic N) is 2. The van der Waals surface area contributed by atoms with Gasteiger partial charge in [0.05, 0.1) is 11.1 Å². The molecule has 1 fully saturated rings. The number of hydrogen-bond acceptors (Lipinski definition) is 4. The first-order chi connectivity index (χ1) is 9.65. The monoisotopic (exact) mass is 270 g/mol. The molecule has 0 spiro atoms. The van der Waals surface area contributed by atoms with Crippen molar-refractivity contribution in [3.8, 4) is 0 Å². The summed E-state index contributed by atoms with van der Waals surface area (Å²) in [6.45, 7) is 1.62. The molecule has 4 N–H and O–H groups in total. The van der Waals surface area contributed by atoms with Gasteiger partial charge in [-0.25, -0.2) is 4.98 Å². The minimum Gasteiger partial charge on any atom is -0.365 e. The number of para-hydroxylation sites is 1. The molecule has 0 unspecified atom stereocenters. The lowest BCUT2D eigenvalue weighted by Crippen LogP contribution is -2.41. The normalized spacial score (nSPS) is 16.6. The summed E-state index contributed by atoms with van der Waals surface area (Å²) in [5.41, 5.74) is 12.8. The van der Waals surface area contributed by atoms with E-state index in [1.54, 1.807) is 0 Å². The van der Waals surface area contributed by atoms with Crippen molar-refractivity contribution in [3.05, 3.63) is 35.9 Å². The van der Waals surface area contributed by atoms with Crippen LogP contribution in [0.3, 0.4) is 0 Å². The fourth-order valence-electron chi connectivity index (χ4n) is 2.64. The Balaban J connectivity index is 2.07. The molecule has 104 valence electrons. The fourth-order valence-corrected chi connectivity index (χ4v) is 2.64. The number of fused-ring (bicyclic) bond motifs is 1. The summed E-state index contributed by atoms with van der Waals surface area (Å²) in [5.74, 6) is 0.247. The van der Waals surface area contributed by atoms with Crippen LogP contribution in [0, 0.1) is 0 Å². The maximum absolute atomic E-state index is 11.7. The third kappa shape index (κ3) is 2.32. The number of nitrogens with two attached hydrogens (primary N) is 2. The summed E-state index contributed by atoms with van der Waals surface area (Å²) in [5, 5.41) is 0.929. The highest BCUT2D eigenvalue weighted by molar-refractivity contribution is 6.01. The maximum Gasteiger partial charge on any atom is 0.252 e. The van der Waals surface area contributed by atoms with E-state index in [9.17, 15) is 4.79 Å². The smallest absolute Gasteiger partial charge is 0.252 e. The Morgan fingerprint density at radius 1 is 1.25 bits per heavy atom. The first kappa shape index (κ1) is 12.9. The van der Waals surface area contributed by atoms with Crippen molar-refractivity contribution in [3.63, 3.8) is 0 Å². The third-order valence-electron chi connectivity index (χ3n) is 3.81. The minimum absolute atomic E-state index is 0.240. The molecule has 2 heterocycles. The molecule has 1 aromatic heterocycles. The van der Waals surface area contributed by atoms with Gasteiger partial charge in [0.25, 0.3) is 5.91 Å². The van der Waals surface area contributed by atoms with E-state index >= 15 is 0 Å². The Bertz CT molecular complexity index is 647. The average Bonchev–Trinajstić information content (AvgIpc) is 2.46. The molecule has 5 nitrogen and oxygen atoms in total. The number of benzene rings is 1. The Morgan fingerprint density at radius 3 is 2.65 bits per heavy atom. The molecular weight excluding hydrogens is 252 g/mol. The number of pyridine rings is 1. The predicted octanol–water partition coefficient (Wildman–Crippen LogP) is 1.26. The van der Waals surface area contributed by atoms with Gasteiger partial charge in [-0.1, -0.05) is 18.2 Å². The van der Waals surface area contributed by atoms with Crippen LogP contribution in [0.2, 0.25) is 0 Å². The summed E-state index contributed by atoms with van der Waals surface area (Å²) in [6, 6.07) is 9.81. The van der Waals surface area contributed by atoms with Gasteiger partial charge < -0.3 is 16.4 Å². The Kier molecular flexibility index (Phi) is 3.28. The molecule has 5 heteroatoms. The number of piperidine rings is 1. The Labute approximate surface area is 117 Å². The number of hydrogen-bond donors (Lipinski definition) is 2. The van der Waals surface area contributed by atoms with Crippen molar-refractivity contribution in [1.82, 2.24) is 4.98 Å². The van der Waals surface area contributed by atoms with E-state index in [4.69, 9.17) is 11.5 Å². The molecule has 0 radical (unpaired) electrons. The zero-order chi connectivity index (χ0) is 14.1. The summed E-state index contributed by atoms with van der Waals surface area (Å²) < 4.78 is 0. The number of aromatic nitrogens is 1. The van der Waals surface area contributed by atoms with Crippen LogP contribution >= 0.6 is 0 Å². The molecule has 2 aromatic rings. The highest BCUT2D eigenvalue weighted by atomic mass is 16.1. The summed E-state index contributed by atoms with van der Waals surface area (Å²) in [6.07, 6.45) is 1.82. The number of rotatable bonds is 2. The predicted molar refractivity (Wildman–Crippen MR) is 79.7 cm³/mol. The van der Waals surface area contributed by atoms with Gasteiger partial charge in [-0.3, -0.25) is 4.79 Å². The molecule has 0 aliphatic carbocycles. The molecule has 1 aliphatic rings. The molecule has 1 aromatic carbocycles. The van der Waals surface area contributed by atoms with E-state index in [1.165, 1.54) is 0 Å². The van der Waals surface area contributed by atoms with Gasteiger partial charge in [0.2, 0.25) is 0 Å². The first-order valence-electron chi connectivity index (χ1n) is 6.85. The molecule has 0 atom stereocenters. The van der Waals surface area contributed by atoms with Gasteiger partial charge >= 0.3 is 0 Å². The van der Waals surface area contributed by atoms with E-state index in [1.807, 2.05) is 30.3 Å². The zero-order valence-corrected chi connectivity index (χ0v) is 11.2. The number of carbonyl (C=O) groups is 1. The van der Waals surface area contributed by atoms with Crippen molar-refractivity contribution in [2.24, 2.45) is 11.5 Å². The molecular formula is C15H18N4O. The van der Waals surface area contributed by atoms with E-state index in [0.29, 0.717) is 11.4 Å². The molecule has 20 heavy (non-hydrogen) atoms. The van der Waals surface area contributed by atoms with Gasteiger partial charge in [-0.15, -0.1) is 0 Å². The van der Waals surface area contributed by atoms with Crippen LogP contribution in [0.15, 0.2) is 30.3 Å². The number of anilines is 1. The van der Waals surface area contributed by atoms with Crippen LogP contribution in [-0.4, -0.2) is 30.0 Å². The van der Waals surface area contributed by atoms with Crippen LogP contribution < -0.4 is 16.4 Å². The second kappa shape index (κ2) is 5.09. The quantitative estimate of drug-likeness (QED) is 0.860. The van der Waals surface area contributed by atoms with Gasteiger partial charge in [-0.05, 0) is 25.0 Å². The fraction of sp³-hybridized carbons (Fsp3) is 0.333. The van der Waals surface area contributed by atoms with Crippen LogP contribution in [0.4, 0.5) is 5.82 Å². The topological polar surface area (TPSA) is 85.2 Å². The molecule has 0 saturated carbocycles. The molecule has 1 amide bonds. The van der Waals surface area contributed by atoms with Crippen molar-refractivity contribution in [1.29, 1.82) is 0 Å². The summed E-state index contributed by atoms with van der Waals surface area (Å²) in [7, 11) is 0. The van der Waals surface area contributed by atoms with Crippen LogP contribution in [0.25, 0.3) is 10.9 Å². The van der Waals surface area contributed by atoms with E-state index in [-0.39, 0.29) is 6.04 Å². The van der Waals surface area contributed by atoms with E-state index < -0.39 is 5.91 Å². The lowest BCUT2D eigenvalue weighted by molar-refractivity contribution is 0.100. The molecule has 1 saturated heterocycles. The second-order valence-electron chi connectivity index (χ2n) is 5.24. The molecule has 1 aliphatic heterocycles. The minimum atomic E-state index is -0.437. The lowest BCUT2D eigenvalue weighted by Gasteiger charge is -2.32. The van der Waals surface area contributed by atoms with Crippen molar-refractivity contribution in [2.45, 2.75) is 18.9 Å². The van der Waals surface area contributed by atoms with E-state index in [2.05, 4.69) is 9.88 Å². The van der Waals surface area contributed by atoms with Crippen molar-refractivity contribution < 1.29 is 4.79 Å². The largest absolute Gasteiger partial charge is 0.365 e. The summed E-state index contributed by atoms with van der Waals surface area (Å²) >= 11 is 0. The maximum atomic E-state index is 11.7. The second-order valence-corrected chi connectivity index (χ2v) is 5.24. The van der Waals surface area contributed by atoms with Gasteiger partial charge in [0, 0.05) is 24.5 Å². The standard InChI is InChI=1S/C15H18N4O/c16-11-5-7-19(8-6-11)15-12(14(17)20)9-10-3-1-2-4-13(10)18-15/h1-4,9,11H,5-8,16H2,(H2,17,20). The Hall–Kier alpha value is -2.14. The zero-order valence-electron chi connectivity index (χ0n) is 11.2. The first-order valence-corrected chi connectivity index (χ1v) is 6.85. The van der Waals surface area contributed by atoms with E-state index in [0.717, 1.165) is 36.8 Å². The van der Waals surface area contributed by atoms with Crippen LogP contribution in [-0.2, 0) is 0 Å². The van der Waals surface area contributed by atoms with Crippen LogP contribution in [0.1, 0.15) is 23.2 Å². The third-order valence-corrected chi connectivity index (χ3v) is 3.81. The highest BCUT2D eigenvalue weighted by Crippen LogP contribution is 2.25. The van der Waals surface area contributed by atoms with Crippen molar-refractivity contribution in [2.75, 3.05) is 18.0 Å². The molecule has 0 bridgehead atoms. The SMILES string of the molecule is NC(=O)c1cc2ccccc2nc1N1CCC(N)CC1. The van der Waals surface area contributed by atoms with Crippen molar-refractivity contribution >= 4 is 22.6 Å². The lowest BCUT2D eigenvalue weighted by atomic mass is 10.0. The number of carbonyl (C=O) groups excluding carboxylic acids is 1. The van der Waals surface area contributed by atoms with Gasteiger partial charge in [-0.2, -0.15) is 0 Å².